The quantitative estimate of drug-likeness (QED) is 0.719. The Balaban J connectivity index is 0.000000297. The van der Waals surface area contributed by atoms with Gasteiger partial charge in [0, 0.05) is 0 Å². The van der Waals surface area contributed by atoms with Gasteiger partial charge < -0.3 is 4.74 Å². The average Bonchev–Trinajstić information content (AvgIpc) is 3.31. The van der Waals surface area contributed by atoms with Crippen LogP contribution in [-0.2, 0) is 10.3 Å². The first-order valence-electron chi connectivity index (χ1n) is 7.08. The highest BCUT2D eigenvalue weighted by Crippen LogP contribution is 2.44. The maximum absolute atomic E-state index is 5.67. The van der Waals surface area contributed by atoms with Crippen LogP contribution < -0.4 is 0 Å². The van der Waals surface area contributed by atoms with Crippen LogP contribution in [0.4, 0.5) is 0 Å². The van der Waals surface area contributed by atoms with Crippen LogP contribution in [0.15, 0.2) is 60.7 Å². The highest BCUT2D eigenvalue weighted by Gasteiger charge is 2.47. The Morgan fingerprint density at radius 2 is 1.16 bits per heavy atom. The number of hydrogen-bond donors (Lipinski definition) is 0. The number of epoxide rings is 1. The summed E-state index contributed by atoms with van der Waals surface area (Å²) in [6.07, 6.45) is 2.64. The zero-order valence-electron chi connectivity index (χ0n) is 11.8. The second-order valence-corrected chi connectivity index (χ2v) is 4.85. The lowest BCUT2D eigenvalue weighted by Crippen LogP contribution is -2.09. The van der Waals surface area contributed by atoms with Gasteiger partial charge in [0.15, 0.2) is 0 Å². The van der Waals surface area contributed by atoms with E-state index in [-0.39, 0.29) is 5.60 Å². The Bertz CT molecular complexity index is 428. The number of hydrogen-bond acceptors (Lipinski definition) is 1. The van der Waals surface area contributed by atoms with Crippen molar-refractivity contribution in [3.63, 3.8) is 0 Å². The van der Waals surface area contributed by atoms with E-state index in [4.69, 9.17) is 4.74 Å². The van der Waals surface area contributed by atoms with Gasteiger partial charge in [0.2, 0.25) is 0 Å². The molecule has 2 aromatic carbocycles. The first-order chi connectivity index (χ1) is 9.33. The third kappa shape index (κ3) is 3.24. The number of unbranched alkanes of at least 4 members (excludes halogenated alkanes) is 1. The molecule has 0 unspecified atom stereocenters. The highest BCUT2D eigenvalue weighted by molar-refractivity contribution is 5.40. The van der Waals surface area contributed by atoms with Gasteiger partial charge in [-0.15, -0.1) is 0 Å². The van der Waals surface area contributed by atoms with Gasteiger partial charge in [-0.2, -0.15) is 0 Å². The summed E-state index contributed by atoms with van der Waals surface area (Å²) in [4.78, 5) is 0. The maximum Gasteiger partial charge on any atom is 0.142 e. The minimum atomic E-state index is -0.164. The molecule has 1 saturated heterocycles. The smallest absolute Gasteiger partial charge is 0.142 e. The lowest BCUT2D eigenvalue weighted by Gasteiger charge is -2.12. The third-order valence-electron chi connectivity index (χ3n) is 3.41. The van der Waals surface area contributed by atoms with Gasteiger partial charge in [0.05, 0.1) is 6.61 Å². The predicted molar refractivity (Wildman–Crippen MR) is 80.2 cm³/mol. The summed E-state index contributed by atoms with van der Waals surface area (Å²) in [5.41, 5.74) is 2.33. The van der Waals surface area contributed by atoms with E-state index in [1.54, 1.807) is 0 Å². The molecule has 0 aromatic heterocycles. The van der Waals surface area contributed by atoms with E-state index >= 15 is 0 Å². The SMILES string of the molecule is CCCC.c1ccc(C2(c3ccccc3)CO2)cc1. The van der Waals surface area contributed by atoms with Crippen molar-refractivity contribution in [3.8, 4) is 0 Å². The fourth-order valence-electron chi connectivity index (χ4n) is 1.99. The molecule has 19 heavy (non-hydrogen) atoms. The molecule has 0 aliphatic carbocycles. The van der Waals surface area contributed by atoms with Crippen molar-refractivity contribution in [2.45, 2.75) is 32.3 Å². The molecule has 0 atom stereocenters. The van der Waals surface area contributed by atoms with Crippen LogP contribution in [-0.4, -0.2) is 6.61 Å². The molecule has 0 amide bonds. The summed E-state index contributed by atoms with van der Waals surface area (Å²) in [6, 6.07) is 20.8. The Morgan fingerprint density at radius 3 is 1.42 bits per heavy atom. The first-order valence-corrected chi connectivity index (χ1v) is 7.08. The molecule has 0 spiro atoms. The normalized spacial score (nSPS) is 15.3. The zero-order chi connectivity index (χ0) is 13.6. The van der Waals surface area contributed by atoms with E-state index < -0.39 is 0 Å². The summed E-state index contributed by atoms with van der Waals surface area (Å²) in [5.74, 6) is 0. The van der Waals surface area contributed by atoms with Crippen molar-refractivity contribution in [1.29, 1.82) is 0 Å². The van der Waals surface area contributed by atoms with Gasteiger partial charge in [0.25, 0.3) is 0 Å². The summed E-state index contributed by atoms with van der Waals surface area (Å²) < 4.78 is 5.67. The molecule has 1 aliphatic rings. The number of rotatable bonds is 3. The molecule has 2 aromatic rings. The summed E-state index contributed by atoms with van der Waals surface area (Å²) >= 11 is 0. The predicted octanol–water partition coefficient (Wildman–Crippen LogP) is 4.77. The lowest BCUT2D eigenvalue weighted by molar-refractivity contribution is 0.349. The van der Waals surface area contributed by atoms with Crippen LogP contribution >= 0.6 is 0 Å². The summed E-state index contributed by atoms with van der Waals surface area (Å²) in [7, 11) is 0. The van der Waals surface area contributed by atoms with E-state index in [1.165, 1.54) is 24.0 Å². The van der Waals surface area contributed by atoms with Crippen molar-refractivity contribution in [2.24, 2.45) is 0 Å². The van der Waals surface area contributed by atoms with E-state index in [0.29, 0.717) is 0 Å². The molecular weight excluding hydrogens is 232 g/mol. The molecule has 1 fully saturated rings. The molecule has 1 heterocycles. The molecule has 0 radical (unpaired) electrons. The van der Waals surface area contributed by atoms with Gasteiger partial charge >= 0.3 is 0 Å². The van der Waals surface area contributed by atoms with Crippen LogP contribution in [0, 0.1) is 0 Å². The molecule has 1 nitrogen and oxygen atoms in total. The standard InChI is InChI=1S/C14H12O.C4H10/c1-3-7-12(8-4-1)14(11-15-14)13-9-5-2-6-10-13;1-3-4-2/h1-10H,11H2;3-4H2,1-2H3. The van der Waals surface area contributed by atoms with Crippen LogP contribution in [0.3, 0.4) is 0 Å². The van der Waals surface area contributed by atoms with Crippen LogP contribution in [0.2, 0.25) is 0 Å². The fraction of sp³-hybridized carbons (Fsp3) is 0.333. The molecule has 0 N–H and O–H groups in total. The van der Waals surface area contributed by atoms with Gasteiger partial charge in [-0.1, -0.05) is 87.4 Å². The van der Waals surface area contributed by atoms with E-state index in [0.717, 1.165) is 6.61 Å². The average molecular weight is 254 g/mol. The monoisotopic (exact) mass is 254 g/mol. The summed E-state index contributed by atoms with van der Waals surface area (Å²) in [5, 5.41) is 0. The summed E-state index contributed by atoms with van der Waals surface area (Å²) in [6.45, 7) is 5.15. The molecule has 3 rings (SSSR count). The first kappa shape index (κ1) is 13.8. The largest absolute Gasteiger partial charge is 0.359 e. The Kier molecular flexibility index (Phi) is 4.75. The van der Waals surface area contributed by atoms with Crippen LogP contribution in [0.1, 0.15) is 37.8 Å². The Morgan fingerprint density at radius 1 is 0.789 bits per heavy atom. The maximum atomic E-state index is 5.67. The van der Waals surface area contributed by atoms with Crippen LogP contribution in [0.5, 0.6) is 0 Å². The number of benzene rings is 2. The lowest BCUT2D eigenvalue weighted by atomic mass is 9.92. The number of ether oxygens (including phenoxy) is 1. The molecule has 0 bridgehead atoms. The molecule has 100 valence electrons. The van der Waals surface area contributed by atoms with Crippen molar-refractivity contribution < 1.29 is 4.74 Å². The van der Waals surface area contributed by atoms with Crippen LogP contribution in [0.25, 0.3) is 0 Å². The van der Waals surface area contributed by atoms with Crippen molar-refractivity contribution in [1.82, 2.24) is 0 Å². The molecule has 1 aliphatic heterocycles. The topological polar surface area (TPSA) is 12.5 Å². The van der Waals surface area contributed by atoms with Gasteiger partial charge in [-0.3, -0.25) is 0 Å². The minimum absolute atomic E-state index is 0.164. The molecule has 0 saturated carbocycles. The second kappa shape index (κ2) is 6.53. The van der Waals surface area contributed by atoms with Gasteiger partial charge in [-0.25, -0.2) is 0 Å². The molecular formula is C18H22O. The van der Waals surface area contributed by atoms with Crippen molar-refractivity contribution in [2.75, 3.05) is 6.61 Å². The van der Waals surface area contributed by atoms with Gasteiger partial charge in [0.1, 0.15) is 5.60 Å². The zero-order valence-corrected chi connectivity index (χ0v) is 11.8. The van der Waals surface area contributed by atoms with E-state index in [9.17, 15) is 0 Å². The Hall–Kier alpha value is -1.60. The molecule has 1 heteroatoms. The minimum Gasteiger partial charge on any atom is -0.359 e. The second-order valence-electron chi connectivity index (χ2n) is 4.85. The fourth-order valence-corrected chi connectivity index (χ4v) is 1.99. The van der Waals surface area contributed by atoms with E-state index in [1.807, 2.05) is 12.1 Å². The van der Waals surface area contributed by atoms with E-state index in [2.05, 4.69) is 62.4 Å². The third-order valence-corrected chi connectivity index (χ3v) is 3.41. The van der Waals surface area contributed by atoms with Crippen molar-refractivity contribution >= 4 is 0 Å². The van der Waals surface area contributed by atoms with Gasteiger partial charge in [-0.05, 0) is 11.1 Å². The highest BCUT2D eigenvalue weighted by atomic mass is 16.6. The van der Waals surface area contributed by atoms with Crippen molar-refractivity contribution in [3.05, 3.63) is 71.8 Å². The Labute approximate surface area is 116 Å².